The Hall–Kier alpha value is -1.06. The van der Waals surface area contributed by atoms with Gasteiger partial charge in [-0.1, -0.05) is 12.8 Å². The molecule has 0 N–H and O–H groups in total. The van der Waals surface area contributed by atoms with Gasteiger partial charge in [-0.15, -0.1) is 0 Å². The van der Waals surface area contributed by atoms with Gasteiger partial charge in [0.25, 0.3) is 0 Å². The molecular weight excluding hydrogens is 328 g/mol. The Bertz CT molecular complexity index is 470. The fourth-order valence-electron chi connectivity index (χ4n) is 6.18. The number of carbonyl (C=O) groups excluding carboxylic acids is 2. The molecule has 0 aliphatic heterocycles. The van der Waals surface area contributed by atoms with Gasteiger partial charge in [0.1, 0.15) is 0 Å². The van der Waals surface area contributed by atoms with E-state index in [1.807, 2.05) is 0 Å². The van der Waals surface area contributed by atoms with Crippen molar-refractivity contribution in [1.82, 2.24) is 0 Å². The summed E-state index contributed by atoms with van der Waals surface area (Å²) in [6.07, 6.45) is 13.7. The van der Waals surface area contributed by atoms with Gasteiger partial charge in [0.05, 0.1) is 25.0 Å². The van der Waals surface area contributed by atoms with Gasteiger partial charge in [0.15, 0.2) is 0 Å². The molecule has 6 atom stereocenters. The van der Waals surface area contributed by atoms with E-state index in [4.69, 9.17) is 9.47 Å². The van der Waals surface area contributed by atoms with Gasteiger partial charge in [0.2, 0.25) is 0 Å². The van der Waals surface area contributed by atoms with Crippen molar-refractivity contribution in [2.45, 2.75) is 77.0 Å². The van der Waals surface area contributed by atoms with Crippen LogP contribution in [0.3, 0.4) is 0 Å². The molecule has 0 saturated heterocycles. The fourth-order valence-corrected chi connectivity index (χ4v) is 6.18. The highest BCUT2D eigenvalue weighted by Crippen LogP contribution is 2.49. The Morgan fingerprint density at radius 1 is 0.615 bits per heavy atom. The molecule has 0 spiro atoms. The SMILES string of the molecule is O=C(OCCCCCCOC(=O)C1CC2CCC1C2)C1CC2CCC1C2. The minimum absolute atomic E-state index is 0.0528. The molecule has 4 saturated carbocycles. The Balaban J connectivity index is 0.996. The van der Waals surface area contributed by atoms with Crippen LogP contribution in [0.15, 0.2) is 0 Å². The van der Waals surface area contributed by atoms with Crippen molar-refractivity contribution in [1.29, 1.82) is 0 Å². The van der Waals surface area contributed by atoms with Crippen LogP contribution in [-0.2, 0) is 19.1 Å². The largest absolute Gasteiger partial charge is 0.465 e. The third-order valence-electron chi connectivity index (χ3n) is 7.61. The predicted molar refractivity (Wildman–Crippen MR) is 98.3 cm³/mol. The highest BCUT2D eigenvalue weighted by Gasteiger charge is 2.44. The highest BCUT2D eigenvalue weighted by molar-refractivity contribution is 5.73. The minimum atomic E-state index is 0.0528. The summed E-state index contributed by atoms with van der Waals surface area (Å²) < 4.78 is 11.0. The van der Waals surface area contributed by atoms with E-state index in [0.29, 0.717) is 25.0 Å². The van der Waals surface area contributed by atoms with Crippen LogP contribution in [0.4, 0.5) is 0 Å². The van der Waals surface area contributed by atoms with Crippen LogP contribution < -0.4 is 0 Å². The number of hydrogen-bond donors (Lipinski definition) is 0. The Labute approximate surface area is 157 Å². The predicted octanol–water partition coefficient (Wildman–Crippen LogP) is 4.51. The summed E-state index contributed by atoms with van der Waals surface area (Å²) in [5, 5.41) is 0. The van der Waals surface area contributed by atoms with Crippen LogP contribution in [-0.4, -0.2) is 25.2 Å². The topological polar surface area (TPSA) is 52.6 Å². The number of carbonyl (C=O) groups is 2. The summed E-state index contributed by atoms with van der Waals surface area (Å²) >= 11 is 0. The first-order valence-corrected chi connectivity index (χ1v) is 11.0. The van der Waals surface area contributed by atoms with Crippen molar-refractivity contribution >= 4 is 11.9 Å². The summed E-state index contributed by atoms with van der Waals surface area (Å²) in [7, 11) is 0. The first kappa shape index (κ1) is 18.3. The maximum Gasteiger partial charge on any atom is 0.309 e. The molecule has 0 aromatic heterocycles. The molecule has 0 radical (unpaired) electrons. The van der Waals surface area contributed by atoms with Crippen LogP contribution in [0.25, 0.3) is 0 Å². The maximum atomic E-state index is 12.1. The molecule has 4 fully saturated rings. The molecule has 4 nitrogen and oxygen atoms in total. The summed E-state index contributed by atoms with van der Waals surface area (Å²) in [5.74, 6) is 3.29. The molecule has 4 bridgehead atoms. The van der Waals surface area contributed by atoms with E-state index in [-0.39, 0.29) is 23.8 Å². The monoisotopic (exact) mass is 362 g/mol. The molecule has 0 heterocycles. The zero-order valence-electron chi connectivity index (χ0n) is 16.0. The summed E-state index contributed by atoms with van der Waals surface area (Å²) in [6, 6.07) is 0. The summed E-state index contributed by atoms with van der Waals surface area (Å²) in [4.78, 5) is 24.3. The van der Waals surface area contributed by atoms with Crippen LogP contribution in [0.5, 0.6) is 0 Å². The second kappa shape index (κ2) is 8.31. The number of ether oxygens (including phenoxy) is 2. The lowest BCUT2D eigenvalue weighted by molar-refractivity contribution is -0.151. The Kier molecular flexibility index (Phi) is 5.85. The molecule has 4 heteroatoms. The third kappa shape index (κ3) is 4.09. The number of rotatable bonds is 9. The van der Waals surface area contributed by atoms with E-state index in [0.717, 1.165) is 50.4 Å². The number of esters is 2. The van der Waals surface area contributed by atoms with E-state index < -0.39 is 0 Å². The van der Waals surface area contributed by atoms with E-state index in [9.17, 15) is 9.59 Å². The van der Waals surface area contributed by atoms with Gasteiger partial charge in [-0.05, 0) is 87.9 Å². The third-order valence-corrected chi connectivity index (χ3v) is 7.61. The maximum absolute atomic E-state index is 12.1. The quantitative estimate of drug-likeness (QED) is 0.447. The van der Waals surface area contributed by atoms with Gasteiger partial charge in [0, 0.05) is 0 Å². The smallest absolute Gasteiger partial charge is 0.309 e. The highest BCUT2D eigenvalue weighted by atomic mass is 16.5. The lowest BCUT2D eigenvalue weighted by atomic mass is 9.89. The lowest BCUT2D eigenvalue weighted by Crippen LogP contribution is -2.23. The van der Waals surface area contributed by atoms with E-state index in [1.54, 1.807) is 0 Å². The van der Waals surface area contributed by atoms with Crippen molar-refractivity contribution in [3.63, 3.8) is 0 Å². The zero-order valence-corrected chi connectivity index (χ0v) is 16.0. The van der Waals surface area contributed by atoms with Crippen LogP contribution >= 0.6 is 0 Å². The summed E-state index contributed by atoms with van der Waals surface area (Å²) in [6.45, 7) is 1.11. The second-order valence-electron chi connectivity index (χ2n) is 9.31. The minimum Gasteiger partial charge on any atom is -0.465 e. The van der Waals surface area contributed by atoms with Gasteiger partial charge in [-0.3, -0.25) is 9.59 Å². The van der Waals surface area contributed by atoms with Gasteiger partial charge in [-0.25, -0.2) is 0 Å². The van der Waals surface area contributed by atoms with Crippen LogP contribution in [0.1, 0.15) is 77.0 Å². The van der Waals surface area contributed by atoms with Crippen molar-refractivity contribution in [3.05, 3.63) is 0 Å². The lowest BCUT2D eigenvalue weighted by Gasteiger charge is -2.20. The fraction of sp³-hybridized carbons (Fsp3) is 0.909. The molecule has 146 valence electrons. The molecule has 4 rings (SSSR count). The molecule has 26 heavy (non-hydrogen) atoms. The Morgan fingerprint density at radius 2 is 1.08 bits per heavy atom. The average molecular weight is 363 g/mol. The molecule has 6 unspecified atom stereocenters. The van der Waals surface area contributed by atoms with Crippen LogP contribution in [0, 0.1) is 35.5 Å². The normalized spacial score (nSPS) is 37.2. The molecular formula is C22H34O4. The first-order valence-electron chi connectivity index (χ1n) is 11.0. The van der Waals surface area contributed by atoms with Gasteiger partial charge >= 0.3 is 11.9 Å². The van der Waals surface area contributed by atoms with Crippen molar-refractivity contribution in [3.8, 4) is 0 Å². The Morgan fingerprint density at radius 3 is 1.42 bits per heavy atom. The van der Waals surface area contributed by atoms with Crippen molar-refractivity contribution in [2.24, 2.45) is 35.5 Å². The van der Waals surface area contributed by atoms with E-state index >= 15 is 0 Å². The molecule has 0 aromatic rings. The molecule has 4 aliphatic carbocycles. The standard InChI is InChI=1S/C22H34O4/c23-21(19-13-15-5-7-17(19)11-15)25-9-3-1-2-4-10-26-22(24)20-14-16-6-8-18(20)12-16/h15-20H,1-14H2. The van der Waals surface area contributed by atoms with Crippen LogP contribution in [0.2, 0.25) is 0 Å². The van der Waals surface area contributed by atoms with Crippen molar-refractivity contribution < 1.29 is 19.1 Å². The number of fused-ring (bicyclic) bond motifs is 4. The first-order chi connectivity index (χ1) is 12.7. The second-order valence-corrected chi connectivity index (χ2v) is 9.31. The number of hydrogen-bond acceptors (Lipinski definition) is 4. The van der Waals surface area contributed by atoms with Gasteiger partial charge in [-0.2, -0.15) is 0 Å². The molecule has 4 aliphatic rings. The average Bonchev–Trinajstić information content (AvgIpc) is 3.43. The summed E-state index contributed by atoms with van der Waals surface area (Å²) in [5.41, 5.74) is 0. The molecule has 0 amide bonds. The zero-order chi connectivity index (χ0) is 17.9. The number of unbranched alkanes of at least 4 members (excludes halogenated alkanes) is 3. The molecule has 0 aromatic carbocycles. The van der Waals surface area contributed by atoms with E-state index in [1.165, 1.54) is 38.5 Å². The van der Waals surface area contributed by atoms with Crippen molar-refractivity contribution in [2.75, 3.05) is 13.2 Å². The van der Waals surface area contributed by atoms with E-state index in [2.05, 4.69) is 0 Å². The van der Waals surface area contributed by atoms with Gasteiger partial charge < -0.3 is 9.47 Å².